The molecular formula is C27H25ClN2O4. The van der Waals surface area contributed by atoms with E-state index >= 15 is 0 Å². The van der Waals surface area contributed by atoms with E-state index < -0.39 is 17.9 Å². The van der Waals surface area contributed by atoms with Gasteiger partial charge in [-0.2, -0.15) is 5.26 Å². The monoisotopic (exact) mass is 476 g/mol. The van der Waals surface area contributed by atoms with E-state index in [4.69, 9.17) is 26.3 Å². The molecule has 3 rings (SSSR count). The standard InChI is InChI=1S/C27H25ClN2O4/c1-18-23(26(31)33-15-7-11-20-9-4-3-5-10-20)25(21-12-6-13-22(28)17-21)24(19(2)30-18)27(32)34-16-8-14-29/h3-7,9-13,17,25,30H,8,15-16H2,1-2H3. The lowest BCUT2D eigenvalue weighted by Gasteiger charge is -2.30. The van der Waals surface area contributed by atoms with E-state index in [1.54, 1.807) is 44.2 Å². The minimum absolute atomic E-state index is 0.0405. The number of nitrogens with zero attached hydrogens (tertiary/aromatic N) is 1. The zero-order valence-corrected chi connectivity index (χ0v) is 19.8. The van der Waals surface area contributed by atoms with Crippen LogP contribution in [-0.4, -0.2) is 25.2 Å². The zero-order valence-electron chi connectivity index (χ0n) is 19.0. The van der Waals surface area contributed by atoms with Crippen LogP contribution in [0.4, 0.5) is 0 Å². The van der Waals surface area contributed by atoms with E-state index in [1.807, 2.05) is 42.5 Å². The van der Waals surface area contributed by atoms with Crippen molar-refractivity contribution in [3.05, 3.63) is 99.4 Å². The summed E-state index contributed by atoms with van der Waals surface area (Å²) in [6.45, 7) is 3.53. The average Bonchev–Trinajstić information content (AvgIpc) is 2.82. The highest BCUT2D eigenvalue weighted by Crippen LogP contribution is 2.39. The number of hydrogen-bond acceptors (Lipinski definition) is 6. The van der Waals surface area contributed by atoms with Crippen molar-refractivity contribution in [2.45, 2.75) is 26.2 Å². The Labute approximate surface area is 204 Å². The molecule has 0 bridgehead atoms. The SMILES string of the molecule is CC1=C(C(=O)OCC=Cc2ccccc2)C(c2cccc(Cl)c2)C(C(=O)OCCC#N)=C(C)N1. The fraction of sp³-hybridized carbons (Fsp3) is 0.222. The van der Waals surface area contributed by atoms with Crippen LogP contribution in [0.15, 0.2) is 83.2 Å². The van der Waals surface area contributed by atoms with E-state index in [1.165, 1.54) is 0 Å². The molecule has 1 atom stereocenters. The molecular weight excluding hydrogens is 452 g/mol. The number of benzene rings is 2. The van der Waals surface area contributed by atoms with Gasteiger partial charge < -0.3 is 14.8 Å². The Morgan fingerprint density at radius 2 is 1.71 bits per heavy atom. The number of hydrogen-bond donors (Lipinski definition) is 1. The van der Waals surface area contributed by atoms with Crippen LogP contribution < -0.4 is 5.32 Å². The molecule has 1 aliphatic heterocycles. The third-order valence-corrected chi connectivity index (χ3v) is 5.48. The van der Waals surface area contributed by atoms with Gasteiger partial charge in [-0.25, -0.2) is 9.59 Å². The van der Waals surface area contributed by atoms with Gasteiger partial charge in [-0.15, -0.1) is 0 Å². The van der Waals surface area contributed by atoms with Crippen molar-refractivity contribution in [2.24, 2.45) is 0 Å². The number of dihydropyridines is 1. The second-order valence-electron chi connectivity index (χ2n) is 7.65. The Bertz CT molecular complexity index is 1190. The number of carbonyl (C=O) groups is 2. The van der Waals surface area contributed by atoms with Crippen LogP contribution >= 0.6 is 11.6 Å². The Kier molecular flexibility index (Phi) is 8.66. The zero-order chi connectivity index (χ0) is 24.5. The van der Waals surface area contributed by atoms with E-state index in [0.717, 1.165) is 5.56 Å². The maximum absolute atomic E-state index is 13.2. The molecule has 1 heterocycles. The van der Waals surface area contributed by atoms with Crippen LogP contribution in [0.5, 0.6) is 0 Å². The van der Waals surface area contributed by atoms with Gasteiger partial charge in [0.15, 0.2) is 0 Å². The van der Waals surface area contributed by atoms with Crippen molar-refractivity contribution in [1.29, 1.82) is 5.26 Å². The Morgan fingerprint density at radius 1 is 1.03 bits per heavy atom. The summed E-state index contributed by atoms with van der Waals surface area (Å²) in [4.78, 5) is 26.2. The lowest BCUT2D eigenvalue weighted by Crippen LogP contribution is -2.32. The molecule has 0 saturated heterocycles. The van der Waals surface area contributed by atoms with E-state index in [9.17, 15) is 9.59 Å². The summed E-state index contributed by atoms with van der Waals surface area (Å²) < 4.78 is 10.9. The van der Waals surface area contributed by atoms with E-state index in [2.05, 4.69) is 5.32 Å². The van der Waals surface area contributed by atoms with Gasteiger partial charge in [0.25, 0.3) is 0 Å². The molecule has 0 aliphatic carbocycles. The first-order valence-electron chi connectivity index (χ1n) is 10.8. The quantitative estimate of drug-likeness (QED) is 0.411. The van der Waals surface area contributed by atoms with Crippen LogP contribution in [0.25, 0.3) is 6.08 Å². The van der Waals surface area contributed by atoms with Gasteiger partial charge >= 0.3 is 11.9 Å². The molecule has 0 aromatic heterocycles. The molecule has 174 valence electrons. The van der Waals surface area contributed by atoms with Gasteiger partial charge in [0.1, 0.15) is 13.2 Å². The smallest absolute Gasteiger partial charge is 0.337 e. The fourth-order valence-electron chi connectivity index (χ4n) is 3.77. The summed E-state index contributed by atoms with van der Waals surface area (Å²) in [7, 11) is 0. The van der Waals surface area contributed by atoms with Crippen molar-refractivity contribution < 1.29 is 19.1 Å². The predicted octanol–water partition coefficient (Wildman–Crippen LogP) is 5.29. The molecule has 2 aromatic rings. The predicted molar refractivity (Wildman–Crippen MR) is 130 cm³/mol. The first-order valence-corrected chi connectivity index (χ1v) is 11.2. The van der Waals surface area contributed by atoms with Crippen molar-refractivity contribution >= 4 is 29.6 Å². The largest absolute Gasteiger partial charge is 0.461 e. The first-order chi connectivity index (χ1) is 16.4. The second kappa shape index (κ2) is 11.9. The lowest BCUT2D eigenvalue weighted by atomic mass is 9.80. The van der Waals surface area contributed by atoms with Gasteiger partial charge in [-0.1, -0.05) is 60.1 Å². The Morgan fingerprint density at radius 3 is 2.35 bits per heavy atom. The van der Waals surface area contributed by atoms with Crippen LogP contribution in [0.3, 0.4) is 0 Å². The summed E-state index contributed by atoms with van der Waals surface area (Å²) in [5.41, 5.74) is 3.36. The van der Waals surface area contributed by atoms with Gasteiger partial charge in [-0.3, -0.25) is 0 Å². The molecule has 0 saturated carbocycles. The highest BCUT2D eigenvalue weighted by molar-refractivity contribution is 6.30. The number of allylic oxidation sites excluding steroid dienone is 2. The number of rotatable bonds is 8. The van der Waals surface area contributed by atoms with Crippen LogP contribution in [0, 0.1) is 11.3 Å². The molecule has 0 spiro atoms. The molecule has 0 amide bonds. The number of ether oxygens (including phenoxy) is 2. The van der Waals surface area contributed by atoms with Crippen molar-refractivity contribution in [2.75, 3.05) is 13.2 Å². The highest BCUT2D eigenvalue weighted by atomic mass is 35.5. The molecule has 1 N–H and O–H groups in total. The third kappa shape index (κ3) is 6.15. The summed E-state index contributed by atoms with van der Waals surface area (Å²) in [5.74, 6) is -1.89. The first kappa shape index (κ1) is 24.8. The van der Waals surface area contributed by atoms with Crippen molar-refractivity contribution in [1.82, 2.24) is 5.32 Å². The van der Waals surface area contributed by atoms with E-state index in [0.29, 0.717) is 27.6 Å². The van der Waals surface area contributed by atoms with Gasteiger partial charge in [0, 0.05) is 16.4 Å². The Hall–Kier alpha value is -3.82. The topological polar surface area (TPSA) is 88.4 Å². The maximum Gasteiger partial charge on any atom is 0.337 e. The van der Waals surface area contributed by atoms with Crippen molar-refractivity contribution in [3.63, 3.8) is 0 Å². The summed E-state index contributed by atoms with van der Waals surface area (Å²) in [6, 6.07) is 18.6. The van der Waals surface area contributed by atoms with Gasteiger partial charge in [0.05, 0.1) is 29.6 Å². The van der Waals surface area contributed by atoms with Crippen molar-refractivity contribution in [3.8, 4) is 6.07 Å². The molecule has 1 aliphatic rings. The summed E-state index contributed by atoms with van der Waals surface area (Å²) in [6.07, 6.45) is 3.70. The second-order valence-corrected chi connectivity index (χ2v) is 8.08. The van der Waals surface area contributed by atoms with E-state index in [-0.39, 0.29) is 25.2 Å². The lowest BCUT2D eigenvalue weighted by molar-refractivity contribution is -0.139. The fourth-order valence-corrected chi connectivity index (χ4v) is 3.97. The molecule has 0 fully saturated rings. The number of esters is 2. The van der Waals surface area contributed by atoms with Crippen LogP contribution in [-0.2, 0) is 19.1 Å². The van der Waals surface area contributed by atoms with Crippen LogP contribution in [0.2, 0.25) is 5.02 Å². The highest BCUT2D eigenvalue weighted by Gasteiger charge is 2.38. The minimum atomic E-state index is -0.736. The summed E-state index contributed by atoms with van der Waals surface area (Å²) >= 11 is 6.23. The Balaban J connectivity index is 1.89. The van der Waals surface area contributed by atoms with Gasteiger partial charge in [-0.05, 0) is 43.2 Å². The normalized spacial score (nSPS) is 15.6. The molecule has 6 nitrogen and oxygen atoms in total. The third-order valence-electron chi connectivity index (χ3n) is 5.25. The molecule has 0 radical (unpaired) electrons. The number of carbonyl (C=O) groups excluding carboxylic acids is 2. The number of nitriles is 1. The van der Waals surface area contributed by atoms with Gasteiger partial charge in [0.2, 0.25) is 0 Å². The summed E-state index contributed by atoms with van der Waals surface area (Å²) in [5, 5.41) is 12.4. The van der Waals surface area contributed by atoms with Crippen LogP contribution in [0.1, 0.15) is 37.3 Å². The molecule has 2 aromatic carbocycles. The molecule has 1 unspecified atom stereocenters. The average molecular weight is 477 g/mol. The molecule has 34 heavy (non-hydrogen) atoms. The number of halogens is 1. The molecule has 7 heteroatoms. The minimum Gasteiger partial charge on any atom is -0.461 e. The maximum atomic E-state index is 13.2. The number of nitrogens with one attached hydrogen (secondary N) is 1.